The number of nitrogen functional groups attached to an aromatic ring is 1. The van der Waals surface area contributed by atoms with Crippen LogP contribution in [-0.2, 0) is 14.0 Å². The van der Waals surface area contributed by atoms with Gasteiger partial charge in [0.05, 0.1) is 5.25 Å². The molecule has 2 heterocycles. The van der Waals surface area contributed by atoms with E-state index in [9.17, 15) is 33.7 Å². The number of halogens is 1. The highest BCUT2D eigenvalue weighted by Gasteiger charge is 2.45. The number of aliphatic carboxylic acids is 1. The molecule has 1 aliphatic rings. The van der Waals surface area contributed by atoms with E-state index in [0.717, 1.165) is 16.3 Å². The molecule has 16 heteroatoms. The molecule has 0 bridgehead atoms. The van der Waals surface area contributed by atoms with Gasteiger partial charge in [-0.25, -0.2) is 18.8 Å². The SMILES string of the molecule is CC(C)C(NP(=O)(O)OOc1ccccc1OC[C@H]1S[C@@H](n2ccc(N)nc2=O)[C@@H](F)[C@@H]1O)C(=O)O. The van der Waals surface area contributed by atoms with E-state index in [4.69, 9.17) is 15.4 Å². The van der Waals surface area contributed by atoms with E-state index in [1.807, 2.05) is 5.09 Å². The first-order valence-electron chi connectivity index (χ1n) is 10.6. The summed E-state index contributed by atoms with van der Waals surface area (Å²) < 4.78 is 38.3. The molecule has 6 N–H and O–H groups in total. The monoisotopic (exact) mass is 548 g/mol. The number of rotatable bonds is 11. The number of nitrogens with zero attached hydrogens (tertiary/aromatic N) is 2. The van der Waals surface area contributed by atoms with Crippen molar-refractivity contribution in [2.75, 3.05) is 12.3 Å². The summed E-state index contributed by atoms with van der Waals surface area (Å²) >= 11 is 0.965. The van der Waals surface area contributed by atoms with Crippen LogP contribution in [0.15, 0.2) is 41.3 Å². The maximum atomic E-state index is 14.8. The molecule has 36 heavy (non-hydrogen) atoms. The zero-order valence-corrected chi connectivity index (χ0v) is 20.8. The lowest BCUT2D eigenvalue weighted by Crippen LogP contribution is -2.39. The number of carbonyl (C=O) groups is 1. The third-order valence-corrected chi connectivity index (χ3v) is 7.55. The number of aromatic nitrogens is 2. The molecule has 2 unspecified atom stereocenters. The van der Waals surface area contributed by atoms with Crippen molar-refractivity contribution in [3.63, 3.8) is 0 Å². The summed E-state index contributed by atoms with van der Waals surface area (Å²) in [5, 5.41) is 19.7. The molecular formula is C20H26FN4O9PS. The number of hydrogen-bond donors (Lipinski definition) is 5. The number of benzene rings is 1. The van der Waals surface area contributed by atoms with Gasteiger partial charge in [-0.3, -0.25) is 9.36 Å². The van der Waals surface area contributed by atoms with Crippen molar-refractivity contribution in [1.82, 2.24) is 14.6 Å². The lowest BCUT2D eigenvalue weighted by molar-refractivity contribution is -0.141. The van der Waals surface area contributed by atoms with Gasteiger partial charge >= 0.3 is 19.4 Å². The van der Waals surface area contributed by atoms with Gasteiger partial charge in [0.15, 0.2) is 11.9 Å². The molecule has 198 valence electrons. The number of hydrogen-bond acceptors (Lipinski definition) is 10. The molecule has 0 amide bonds. The molecule has 13 nitrogen and oxygen atoms in total. The molecular weight excluding hydrogens is 522 g/mol. The number of ether oxygens (including phenoxy) is 1. The minimum atomic E-state index is -4.70. The summed E-state index contributed by atoms with van der Waals surface area (Å²) in [5.74, 6) is -1.98. The summed E-state index contributed by atoms with van der Waals surface area (Å²) in [5.41, 5.74) is 4.70. The van der Waals surface area contributed by atoms with Crippen LogP contribution in [0.5, 0.6) is 11.5 Å². The fourth-order valence-corrected chi connectivity index (χ4v) is 5.68. The highest BCUT2D eigenvalue weighted by atomic mass is 32.2. The Morgan fingerprint density at radius 2 is 2.00 bits per heavy atom. The van der Waals surface area contributed by atoms with Crippen LogP contribution in [-0.4, -0.2) is 60.8 Å². The van der Waals surface area contributed by atoms with E-state index >= 15 is 0 Å². The Labute approximate surface area is 208 Å². The second-order valence-electron chi connectivity index (χ2n) is 8.17. The smallest absolute Gasteiger partial charge is 0.440 e. The summed E-state index contributed by atoms with van der Waals surface area (Å²) in [6, 6.07) is 5.84. The summed E-state index contributed by atoms with van der Waals surface area (Å²) in [6.45, 7) is 2.86. The molecule has 1 saturated heterocycles. The van der Waals surface area contributed by atoms with Crippen molar-refractivity contribution in [2.45, 2.75) is 42.8 Å². The van der Waals surface area contributed by atoms with Crippen molar-refractivity contribution in [3.05, 3.63) is 47.0 Å². The van der Waals surface area contributed by atoms with E-state index in [1.165, 1.54) is 44.3 Å². The molecule has 2 aromatic rings. The van der Waals surface area contributed by atoms with Gasteiger partial charge in [-0.05, 0) is 24.1 Å². The van der Waals surface area contributed by atoms with Gasteiger partial charge in [0.1, 0.15) is 29.9 Å². The van der Waals surface area contributed by atoms with E-state index in [2.05, 4.69) is 9.66 Å². The number of carboxylic acid groups (broad SMARTS) is 1. The van der Waals surface area contributed by atoms with Gasteiger partial charge in [-0.2, -0.15) is 4.98 Å². The van der Waals surface area contributed by atoms with E-state index in [0.29, 0.717) is 0 Å². The first-order valence-corrected chi connectivity index (χ1v) is 13.2. The third kappa shape index (κ3) is 6.75. The Balaban J connectivity index is 1.64. The van der Waals surface area contributed by atoms with Crippen LogP contribution in [0.3, 0.4) is 0 Å². The second kappa shape index (κ2) is 11.6. The van der Waals surface area contributed by atoms with Gasteiger partial charge < -0.3 is 30.5 Å². The number of nitrogens with two attached hydrogens (primary N) is 1. The Morgan fingerprint density at radius 3 is 2.61 bits per heavy atom. The van der Waals surface area contributed by atoms with Gasteiger partial charge in [0.25, 0.3) is 0 Å². The fourth-order valence-electron chi connectivity index (χ4n) is 3.27. The molecule has 1 fully saturated rings. The zero-order valence-electron chi connectivity index (χ0n) is 19.1. The highest BCUT2D eigenvalue weighted by Crippen LogP contribution is 2.44. The molecule has 1 aromatic carbocycles. The third-order valence-electron chi connectivity index (χ3n) is 5.13. The van der Waals surface area contributed by atoms with E-state index in [-0.39, 0.29) is 23.9 Å². The molecule has 3 rings (SSSR count). The lowest BCUT2D eigenvalue weighted by atomic mass is 10.1. The molecule has 1 aliphatic heterocycles. The summed E-state index contributed by atoms with van der Waals surface area (Å²) in [7, 11) is -4.70. The number of anilines is 1. The Bertz CT molecular complexity index is 1190. The number of aliphatic hydroxyl groups excluding tert-OH is 1. The molecule has 0 saturated carbocycles. The number of para-hydroxylation sites is 2. The van der Waals surface area contributed by atoms with Crippen LogP contribution in [0.1, 0.15) is 19.2 Å². The van der Waals surface area contributed by atoms with Gasteiger partial charge in [0, 0.05) is 6.20 Å². The molecule has 0 spiro atoms. The minimum Gasteiger partial charge on any atom is -0.488 e. The topological polar surface area (TPSA) is 195 Å². The molecule has 0 aliphatic carbocycles. The van der Waals surface area contributed by atoms with Crippen LogP contribution in [0.25, 0.3) is 0 Å². The average molecular weight is 548 g/mol. The first kappa shape index (κ1) is 27.9. The van der Waals surface area contributed by atoms with Crippen LogP contribution in [0.4, 0.5) is 10.2 Å². The van der Waals surface area contributed by atoms with Crippen LogP contribution in [0.2, 0.25) is 0 Å². The number of aliphatic hydroxyl groups is 1. The standard InChI is InChI=1S/C20H26FN4O9PS/c1-10(2)16(19(27)28)24-35(30,31)34-33-12-6-4-3-5-11(12)32-9-13-17(26)15(21)18(36-13)25-8-7-14(22)23-20(25)29/h3-8,10,13,15-18,26H,9H2,1-2H3,(H,27,28)(H2,22,23,29)(H2,24,30,31)/t13-,15+,16?,17-,18-/m1/s1. The molecule has 0 radical (unpaired) electrons. The number of alkyl halides is 1. The van der Waals surface area contributed by atoms with Crippen LogP contribution < -0.4 is 26.1 Å². The summed E-state index contributed by atoms with van der Waals surface area (Å²) in [4.78, 5) is 41.8. The highest BCUT2D eigenvalue weighted by molar-refractivity contribution is 8.00. The Morgan fingerprint density at radius 1 is 1.33 bits per heavy atom. The van der Waals surface area contributed by atoms with Crippen LogP contribution in [0, 0.1) is 5.92 Å². The van der Waals surface area contributed by atoms with Crippen molar-refractivity contribution in [1.29, 1.82) is 0 Å². The number of carboxylic acids is 1. The van der Waals surface area contributed by atoms with Crippen LogP contribution >= 0.6 is 19.5 Å². The largest absolute Gasteiger partial charge is 0.488 e. The molecule has 6 atom stereocenters. The Hall–Kier alpha value is -2.68. The normalized spacial score (nSPS) is 24.3. The van der Waals surface area contributed by atoms with Gasteiger partial charge in [-0.1, -0.05) is 30.7 Å². The predicted molar refractivity (Wildman–Crippen MR) is 127 cm³/mol. The van der Waals surface area contributed by atoms with Gasteiger partial charge in [-0.15, -0.1) is 11.8 Å². The first-order chi connectivity index (χ1) is 16.9. The zero-order chi connectivity index (χ0) is 26.6. The Kier molecular flexibility index (Phi) is 8.98. The van der Waals surface area contributed by atoms with Crippen molar-refractivity contribution >= 4 is 31.3 Å². The van der Waals surface area contributed by atoms with E-state index < -0.39 is 54.3 Å². The lowest BCUT2D eigenvalue weighted by Gasteiger charge is -2.21. The maximum Gasteiger partial charge on any atom is 0.440 e. The number of thioether (sulfide) groups is 1. The molecule has 1 aromatic heterocycles. The van der Waals surface area contributed by atoms with Crippen molar-refractivity contribution in [3.8, 4) is 11.5 Å². The number of nitrogens with one attached hydrogen (secondary N) is 1. The quantitative estimate of drug-likeness (QED) is 0.153. The summed E-state index contributed by atoms with van der Waals surface area (Å²) in [6.07, 6.45) is -1.98. The minimum absolute atomic E-state index is 0.0146. The van der Waals surface area contributed by atoms with Crippen molar-refractivity contribution in [2.24, 2.45) is 5.92 Å². The maximum absolute atomic E-state index is 14.8. The van der Waals surface area contributed by atoms with Gasteiger partial charge in [0.2, 0.25) is 5.75 Å². The predicted octanol–water partition coefficient (Wildman–Crippen LogP) is 1.33. The average Bonchev–Trinajstić information content (AvgIpc) is 3.08. The second-order valence-corrected chi connectivity index (χ2v) is 11.0. The van der Waals surface area contributed by atoms with Crippen molar-refractivity contribution < 1.29 is 43.2 Å². The fraction of sp³-hybridized carbons (Fsp3) is 0.450. The van der Waals surface area contributed by atoms with E-state index in [1.54, 1.807) is 6.07 Å².